The van der Waals surface area contributed by atoms with E-state index in [1.807, 2.05) is 12.2 Å². The molecule has 0 spiro atoms. The summed E-state index contributed by atoms with van der Waals surface area (Å²) in [5, 5.41) is 0. The Hall–Kier alpha value is -0.310. The molecule has 18 heteroatoms. The fourth-order valence-corrected chi connectivity index (χ4v) is 19.1. The summed E-state index contributed by atoms with van der Waals surface area (Å²) in [7, 11) is -2.69. The third-order valence-corrected chi connectivity index (χ3v) is 21.1. The number of rotatable bonds is 54. The summed E-state index contributed by atoms with van der Waals surface area (Å²) in [5.41, 5.74) is 0. The molecule has 0 aromatic rings. The number of methoxy groups -OCH3 is 4. The van der Waals surface area contributed by atoms with Gasteiger partial charge >= 0.3 is 7.66 Å². The van der Waals surface area contributed by atoms with Crippen molar-refractivity contribution in [3.63, 3.8) is 0 Å². The van der Waals surface area contributed by atoms with Gasteiger partial charge in [-0.25, -0.2) is 0 Å². The predicted molar refractivity (Wildman–Crippen MR) is 274 cm³/mol. The molecular weight excluding hydrogens is 903 g/mol. The van der Waals surface area contributed by atoms with Crippen LogP contribution in [0.25, 0.3) is 0 Å². The second kappa shape index (κ2) is 47.0. The SMILES string of the molecule is C=CCCCCCCCCCCCCP1(OCCOCCOC)=NP(CCCCCCCCCCCCC=C)(OCCOCCOC)=NP(OCCOCCOC)(OCCOCCOC)=N1. The van der Waals surface area contributed by atoms with Gasteiger partial charge in [-0.1, -0.05) is 115 Å². The molecule has 0 N–H and O–H groups in total. The predicted octanol–water partition coefficient (Wildman–Crippen LogP) is 13.7. The van der Waals surface area contributed by atoms with Crippen LogP contribution in [-0.2, 0) is 56.0 Å². The van der Waals surface area contributed by atoms with Gasteiger partial charge < -0.3 is 56.0 Å². The van der Waals surface area contributed by atoms with E-state index in [9.17, 15) is 0 Å². The van der Waals surface area contributed by atoms with E-state index in [-0.39, 0.29) is 13.2 Å². The van der Waals surface area contributed by atoms with Crippen molar-refractivity contribution in [3.8, 4) is 0 Å². The standard InChI is InChI=1S/C48H98N3O12P3/c1-7-9-11-13-15-17-19-21-23-25-27-29-47-64(60-43-39-56-35-31-52-3)49-65(61-44-40-57-36-32-53-4,48-30-28-26-24-22-20-18-16-14-12-10-8-2)51-66(50-64,62-45-41-58-37-33-54-5)63-46-42-59-38-34-55-6/h7-8H,1-2,9-48H2,3-6H3. The van der Waals surface area contributed by atoms with Crippen molar-refractivity contribution in [1.29, 1.82) is 0 Å². The number of ether oxygens (including phenoxy) is 8. The lowest BCUT2D eigenvalue weighted by atomic mass is 10.1. The molecule has 0 aromatic carbocycles. The van der Waals surface area contributed by atoms with Crippen LogP contribution in [0.1, 0.15) is 141 Å². The van der Waals surface area contributed by atoms with Crippen LogP contribution in [0, 0.1) is 0 Å². The second-order valence-corrected chi connectivity index (χ2v) is 24.2. The van der Waals surface area contributed by atoms with Gasteiger partial charge in [0.2, 0.25) is 14.9 Å². The highest BCUT2D eigenvalue weighted by Crippen LogP contribution is 2.80. The average molecular weight is 1000 g/mol. The number of nitrogens with zero attached hydrogens (tertiary/aromatic N) is 3. The molecule has 1 aliphatic rings. The van der Waals surface area contributed by atoms with E-state index in [0.29, 0.717) is 105 Å². The summed E-state index contributed by atoms with van der Waals surface area (Å²) in [6.07, 6.45) is 31.6. The van der Waals surface area contributed by atoms with Gasteiger partial charge in [0.15, 0.2) is 0 Å². The molecule has 0 aliphatic carbocycles. The minimum atomic E-state index is -3.40. The van der Waals surface area contributed by atoms with E-state index in [4.69, 9.17) is 69.5 Å². The molecule has 2 unspecified atom stereocenters. The summed E-state index contributed by atoms with van der Waals surface area (Å²) >= 11 is 0. The Balaban J connectivity index is 3.55. The van der Waals surface area contributed by atoms with Gasteiger partial charge in [0, 0.05) is 40.8 Å². The van der Waals surface area contributed by atoms with E-state index >= 15 is 0 Å². The Labute approximate surface area is 403 Å². The molecule has 1 aliphatic heterocycles. The molecule has 0 saturated carbocycles. The Bertz CT molecular complexity index is 1210. The largest absolute Gasteiger partial charge is 0.382 e. The zero-order chi connectivity index (χ0) is 47.8. The van der Waals surface area contributed by atoms with Gasteiger partial charge in [-0.15, -0.1) is 13.2 Å². The third-order valence-electron chi connectivity index (χ3n) is 10.8. The zero-order valence-corrected chi connectivity index (χ0v) is 45.1. The normalized spacial score (nSPS) is 17.9. The first kappa shape index (κ1) is 63.7. The molecule has 1 heterocycles. The maximum atomic E-state index is 6.97. The number of unbranched alkanes of at least 4 members (excludes halogenated alkanes) is 20. The highest BCUT2D eigenvalue weighted by molar-refractivity contribution is 7.81. The van der Waals surface area contributed by atoms with Crippen molar-refractivity contribution in [2.45, 2.75) is 141 Å². The first-order valence-electron chi connectivity index (χ1n) is 25.4. The van der Waals surface area contributed by atoms with Crippen molar-refractivity contribution in [2.75, 3.05) is 146 Å². The van der Waals surface area contributed by atoms with Crippen LogP contribution in [-0.4, -0.2) is 146 Å². The minimum absolute atomic E-state index is 0.220. The summed E-state index contributed by atoms with van der Waals surface area (Å²) < 4.78 is 88.6. The Morgan fingerprint density at radius 2 is 0.576 bits per heavy atom. The zero-order valence-electron chi connectivity index (χ0n) is 42.4. The lowest BCUT2D eigenvalue weighted by Crippen LogP contribution is -2.13. The Kier molecular flexibility index (Phi) is 45.4. The molecule has 0 bridgehead atoms. The van der Waals surface area contributed by atoms with E-state index < -0.39 is 22.5 Å². The van der Waals surface area contributed by atoms with E-state index in [0.717, 1.165) is 51.4 Å². The Morgan fingerprint density at radius 1 is 0.303 bits per heavy atom. The van der Waals surface area contributed by atoms with Gasteiger partial charge in [0.05, 0.1) is 106 Å². The minimum Gasteiger partial charge on any atom is -0.382 e. The highest BCUT2D eigenvalue weighted by Gasteiger charge is 2.40. The maximum absolute atomic E-state index is 6.97. The smallest absolute Gasteiger partial charge is 0.345 e. The molecule has 0 radical (unpaired) electrons. The number of hydrogen-bond donors (Lipinski definition) is 0. The summed E-state index contributed by atoms with van der Waals surface area (Å²) in [6, 6.07) is 0. The summed E-state index contributed by atoms with van der Waals surface area (Å²) in [4.78, 5) is 0. The van der Waals surface area contributed by atoms with Crippen LogP contribution in [0.2, 0.25) is 0 Å². The fourth-order valence-electron chi connectivity index (χ4n) is 7.11. The first-order chi connectivity index (χ1) is 32.5. The van der Waals surface area contributed by atoms with Gasteiger partial charge in [-0.3, -0.25) is 0 Å². The lowest BCUT2D eigenvalue weighted by molar-refractivity contribution is 0.0441. The molecule has 0 amide bonds. The van der Waals surface area contributed by atoms with Crippen LogP contribution >= 0.6 is 22.5 Å². The van der Waals surface area contributed by atoms with Crippen molar-refractivity contribution in [1.82, 2.24) is 0 Å². The van der Waals surface area contributed by atoms with Crippen LogP contribution in [0.15, 0.2) is 38.9 Å². The summed E-state index contributed by atoms with van der Waals surface area (Å²) in [5.74, 6) is 0. The number of hydrogen-bond acceptors (Lipinski definition) is 15. The Morgan fingerprint density at radius 3 is 0.894 bits per heavy atom. The monoisotopic (exact) mass is 1000 g/mol. The number of allylic oxidation sites excluding steroid dienone is 2. The van der Waals surface area contributed by atoms with Gasteiger partial charge in [-0.05, 0) is 38.5 Å². The molecule has 1 rings (SSSR count). The van der Waals surface area contributed by atoms with Crippen molar-refractivity contribution < 1.29 is 56.0 Å². The summed E-state index contributed by atoms with van der Waals surface area (Å²) in [6.45, 7) is 14.0. The van der Waals surface area contributed by atoms with E-state index in [1.165, 1.54) is 89.9 Å². The van der Waals surface area contributed by atoms with Crippen LogP contribution < -0.4 is 0 Å². The molecule has 15 nitrogen and oxygen atoms in total. The van der Waals surface area contributed by atoms with Gasteiger partial charge in [-0.2, -0.15) is 13.5 Å². The molecule has 0 fully saturated rings. The topological polar surface area (TPSA) is 148 Å². The van der Waals surface area contributed by atoms with E-state index in [1.54, 1.807) is 28.4 Å². The quantitative estimate of drug-likeness (QED) is 0.0324. The molecule has 392 valence electrons. The first-order valence-corrected chi connectivity index (χ1v) is 30.6. The fraction of sp³-hybridized carbons (Fsp3) is 0.917. The molecule has 0 aromatic heterocycles. The van der Waals surface area contributed by atoms with Crippen LogP contribution in [0.5, 0.6) is 0 Å². The van der Waals surface area contributed by atoms with Crippen molar-refractivity contribution in [2.24, 2.45) is 13.5 Å². The molecule has 66 heavy (non-hydrogen) atoms. The van der Waals surface area contributed by atoms with Crippen LogP contribution in [0.4, 0.5) is 0 Å². The van der Waals surface area contributed by atoms with Crippen molar-refractivity contribution in [3.05, 3.63) is 25.3 Å². The lowest BCUT2D eigenvalue weighted by Gasteiger charge is -2.35. The third kappa shape index (κ3) is 35.7. The highest BCUT2D eigenvalue weighted by atomic mass is 31.3. The van der Waals surface area contributed by atoms with Crippen molar-refractivity contribution >= 4 is 22.5 Å². The van der Waals surface area contributed by atoms with Crippen LogP contribution in [0.3, 0.4) is 0 Å². The molecule has 0 saturated heterocycles. The second-order valence-electron chi connectivity index (χ2n) is 16.5. The average Bonchev–Trinajstić information content (AvgIpc) is 3.31. The molecule has 2 atom stereocenters. The van der Waals surface area contributed by atoms with E-state index in [2.05, 4.69) is 13.2 Å². The van der Waals surface area contributed by atoms with Gasteiger partial charge in [0.25, 0.3) is 0 Å². The maximum Gasteiger partial charge on any atom is 0.345 e. The molecular formula is C48H98N3O12P3. The van der Waals surface area contributed by atoms with Gasteiger partial charge in [0.1, 0.15) is 0 Å².